The van der Waals surface area contributed by atoms with Gasteiger partial charge in [0.15, 0.2) is 0 Å². The molecule has 1 rings (SSSR count). The second kappa shape index (κ2) is 12.2. The molecule has 1 N–H and O–H groups in total. The molecule has 1 aromatic carbocycles. The number of aryl methyl sites for hydroxylation is 2. The van der Waals surface area contributed by atoms with Gasteiger partial charge in [-0.3, -0.25) is 0 Å². The Labute approximate surface area is 88.8 Å². The fourth-order valence-corrected chi connectivity index (χ4v) is 1.04. The summed E-state index contributed by atoms with van der Waals surface area (Å²) in [6.45, 7) is 8.33. The number of aliphatic hydroxyl groups is 1. The van der Waals surface area contributed by atoms with Crippen LogP contribution in [0.25, 0.3) is 0 Å². The molecule has 0 atom stereocenters. The van der Waals surface area contributed by atoms with Gasteiger partial charge in [0, 0.05) is 7.11 Å². The van der Waals surface area contributed by atoms with Crippen LogP contribution in [-0.2, 0) is 6.42 Å². The first-order valence-corrected chi connectivity index (χ1v) is 5.33. The molecule has 0 saturated carbocycles. The molecule has 0 saturated heterocycles. The molecule has 0 aliphatic carbocycles. The van der Waals surface area contributed by atoms with Gasteiger partial charge < -0.3 is 5.11 Å². The number of aliphatic hydroxyl groups excluding tert-OH is 1. The molecule has 14 heavy (non-hydrogen) atoms. The summed E-state index contributed by atoms with van der Waals surface area (Å²) in [6, 6.07) is 8.76. The predicted octanol–water partition coefficient (Wildman–Crippen LogP) is 3.58. The lowest BCUT2D eigenvalue weighted by atomic mass is 10.1. The fraction of sp³-hybridized carbons (Fsp3) is 0.538. The molecule has 1 nitrogen and oxygen atoms in total. The largest absolute Gasteiger partial charge is 0.400 e. The van der Waals surface area contributed by atoms with Crippen LogP contribution in [0.2, 0.25) is 0 Å². The van der Waals surface area contributed by atoms with Crippen molar-refractivity contribution in [3.63, 3.8) is 0 Å². The molecule has 0 unspecified atom stereocenters. The zero-order chi connectivity index (χ0) is 11.4. The van der Waals surface area contributed by atoms with Crippen LogP contribution in [-0.4, -0.2) is 12.2 Å². The minimum absolute atomic E-state index is 1.00. The zero-order valence-corrected chi connectivity index (χ0v) is 10.2. The first-order chi connectivity index (χ1) is 6.83. The highest BCUT2D eigenvalue weighted by Gasteiger charge is 1.87. The summed E-state index contributed by atoms with van der Waals surface area (Å²) in [5.41, 5.74) is 2.80. The molecule has 0 aliphatic rings. The molecule has 1 aromatic rings. The Balaban J connectivity index is 0. The Morgan fingerprint density at radius 3 is 1.79 bits per heavy atom. The summed E-state index contributed by atoms with van der Waals surface area (Å²) in [5, 5.41) is 7.00. The highest BCUT2D eigenvalue weighted by Crippen LogP contribution is 2.04. The van der Waals surface area contributed by atoms with Gasteiger partial charge in [-0.2, -0.15) is 0 Å². The molecule has 0 heterocycles. The Morgan fingerprint density at radius 1 is 1.00 bits per heavy atom. The van der Waals surface area contributed by atoms with E-state index in [0.29, 0.717) is 0 Å². The average molecular weight is 196 g/mol. The van der Waals surface area contributed by atoms with Gasteiger partial charge in [0.05, 0.1) is 0 Å². The lowest BCUT2D eigenvalue weighted by Crippen LogP contribution is -1.81. The lowest BCUT2D eigenvalue weighted by molar-refractivity contribution is 0.399. The van der Waals surface area contributed by atoms with Gasteiger partial charge in [-0.15, -0.1) is 0 Å². The van der Waals surface area contributed by atoms with Crippen LogP contribution in [0.4, 0.5) is 0 Å². The third kappa shape index (κ3) is 7.81. The van der Waals surface area contributed by atoms with Gasteiger partial charge in [-0.1, -0.05) is 57.0 Å². The maximum Gasteiger partial charge on any atom is 0.0319 e. The van der Waals surface area contributed by atoms with Crippen LogP contribution in [0.15, 0.2) is 24.3 Å². The van der Waals surface area contributed by atoms with Crippen molar-refractivity contribution in [2.45, 2.75) is 40.5 Å². The van der Waals surface area contributed by atoms with E-state index in [1.165, 1.54) is 24.0 Å². The van der Waals surface area contributed by atoms with E-state index < -0.39 is 0 Å². The van der Waals surface area contributed by atoms with Crippen LogP contribution in [0, 0.1) is 6.92 Å². The van der Waals surface area contributed by atoms with E-state index in [4.69, 9.17) is 5.11 Å². The van der Waals surface area contributed by atoms with Crippen molar-refractivity contribution >= 4 is 0 Å². The van der Waals surface area contributed by atoms with Crippen LogP contribution in [0.3, 0.4) is 0 Å². The molecule has 0 spiro atoms. The molecule has 0 aliphatic heterocycles. The number of rotatable bonds is 2. The van der Waals surface area contributed by atoms with Crippen LogP contribution in [0.5, 0.6) is 0 Å². The Hall–Kier alpha value is -0.820. The van der Waals surface area contributed by atoms with Gasteiger partial charge in [-0.05, 0) is 18.9 Å². The van der Waals surface area contributed by atoms with E-state index in [1.54, 1.807) is 0 Å². The third-order valence-electron chi connectivity index (χ3n) is 1.66. The van der Waals surface area contributed by atoms with Gasteiger partial charge in [0.25, 0.3) is 0 Å². The molecule has 0 amide bonds. The number of hydrogen-bond acceptors (Lipinski definition) is 1. The highest BCUT2D eigenvalue weighted by atomic mass is 16.2. The SMILES string of the molecule is CC.CCCc1ccc(C)cc1.CO. The normalized spacial score (nSPS) is 7.86. The summed E-state index contributed by atoms with van der Waals surface area (Å²) in [6.07, 6.45) is 2.45. The maximum atomic E-state index is 7.00. The predicted molar refractivity (Wildman–Crippen MR) is 64.7 cm³/mol. The molecular weight excluding hydrogens is 172 g/mol. The highest BCUT2D eigenvalue weighted by molar-refractivity contribution is 5.21. The Bertz CT molecular complexity index is 189. The van der Waals surface area contributed by atoms with E-state index in [2.05, 4.69) is 38.1 Å². The monoisotopic (exact) mass is 196 g/mol. The molecule has 82 valence electrons. The smallest absolute Gasteiger partial charge is 0.0319 e. The fourth-order valence-electron chi connectivity index (χ4n) is 1.04. The first kappa shape index (κ1) is 15.6. The van der Waals surface area contributed by atoms with Crippen molar-refractivity contribution < 1.29 is 5.11 Å². The topological polar surface area (TPSA) is 20.2 Å². The molecule has 0 fully saturated rings. The van der Waals surface area contributed by atoms with Crippen molar-refractivity contribution in [3.05, 3.63) is 35.4 Å². The van der Waals surface area contributed by atoms with Crippen LogP contribution in [0.1, 0.15) is 38.3 Å². The maximum absolute atomic E-state index is 7.00. The van der Waals surface area contributed by atoms with Crippen molar-refractivity contribution in [1.29, 1.82) is 0 Å². The average Bonchev–Trinajstić information content (AvgIpc) is 2.28. The van der Waals surface area contributed by atoms with Gasteiger partial charge in [-0.25, -0.2) is 0 Å². The van der Waals surface area contributed by atoms with E-state index >= 15 is 0 Å². The van der Waals surface area contributed by atoms with Crippen LogP contribution < -0.4 is 0 Å². The molecule has 0 radical (unpaired) electrons. The summed E-state index contributed by atoms with van der Waals surface area (Å²) in [7, 11) is 1.00. The summed E-state index contributed by atoms with van der Waals surface area (Å²) in [5.74, 6) is 0. The van der Waals surface area contributed by atoms with Crippen molar-refractivity contribution in [2.75, 3.05) is 7.11 Å². The van der Waals surface area contributed by atoms with E-state index in [-0.39, 0.29) is 0 Å². The second-order valence-electron chi connectivity index (χ2n) is 2.74. The van der Waals surface area contributed by atoms with Crippen molar-refractivity contribution in [3.8, 4) is 0 Å². The minimum atomic E-state index is 1.00. The molecule has 0 bridgehead atoms. The lowest BCUT2D eigenvalue weighted by Gasteiger charge is -1.97. The van der Waals surface area contributed by atoms with Crippen molar-refractivity contribution in [1.82, 2.24) is 0 Å². The van der Waals surface area contributed by atoms with E-state index in [0.717, 1.165) is 7.11 Å². The Morgan fingerprint density at radius 2 is 1.43 bits per heavy atom. The van der Waals surface area contributed by atoms with Gasteiger partial charge in [0.2, 0.25) is 0 Å². The Kier molecular flexibility index (Phi) is 13.6. The van der Waals surface area contributed by atoms with Crippen molar-refractivity contribution in [2.24, 2.45) is 0 Å². The standard InChI is InChI=1S/C10H14.C2H6.CH4O/c1-3-4-10-7-5-9(2)6-8-10;2*1-2/h5-8H,3-4H2,1-2H3;1-2H3;2H,1H3. The molecule has 0 aromatic heterocycles. The summed E-state index contributed by atoms with van der Waals surface area (Å²) in [4.78, 5) is 0. The summed E-state index contributed by atoms with van der Waals surface area (Å²) >= 11 is 0. The molecule has 1 heteroatoms. The zero-order valence-electron chi connectivity index (χ0n) is 10.2. The quantitative estimate of drug-likeness (QED) is 0.766. The second-order valence-corrected chi connectivity index (χ2v) is 2.74. The molecular formula is C13H24O. The minimum Gasteiger partial charge on any atom is -0.400 e. The third-order valence-corrected chi connectivity index (χ3v) is 1.66. The number of hydrogen-bond donors (Lipinski definition) is 1. The summed E-state index contributed by atoms with van der Waals surface area (Å²) < 4.78 is 0. The van der Waals surface area contributed by atoms with Gasteiger partial charge >= 0.3 is 0 Å². The van der Waals surface area contributed by atoms with E-state index in [9.17, 15) is 0 Å². The van der Waals surface area contributed by atoms with Gasteiger partial charge in [0.1, 0.15) is 0 Å². The van der Waals surface area contributed by atoms with Crippen LogP contribution >= 0.6 is 0 Å². The van der Waals surface area contributed by atoms with E-state index in [1.807, 2.05) is 13.8 Å². The number of benzene rings is 1. The first-order valence-electron chi connectivity index (χ1n) is 5.33.